The number of hydrogen-bond donors (Lipinski definition) is 3. The van der Waals surface area contributed by atoms with Gasteiger partial charge in [0.15, 0.2) is 0 Å². The van der Waals surface area contributed by atoms with E-state index in [2.05, 4.69) is 36.4 Å². The average Bonchev–Trinajstić information content (AvgIpc) is 3.28. The number of carbonyl (C=O) groups excluding carboxylic acids is 3. The van der Waals surface area contributed by atoms with Crippen LogP contribution < -0.4 is 10.6 Å². The normalized spacial score (nSPS) is 18.6. The molecule has 172 valence electrons. The zero-order valence-corrected chi connectivity index (χ0v) is 19.5. The number of aromatic nitrogens is 1. The Kier molecular flexibility index (Phi) is 5.74. The lowest BCUT2D eigenvalue weighted by Gasteiger charge is -2.24. The van der Waals surface area contributed by atoms with Gasteiger partial charge in [-0.3, -0.25) is 14.5 Å². The molecule has 0 spiro atoms. The third kappa shape index (κ3) is 4.35. The lowest BCUT2D eigenvalue weighted by molar-refractivity contribution is -0.134. The van der Waals surface area contributed by atoms with Crippen molar-refractivity contribution in [1.29, 1.82) is 0 Å². The molecule has 1 unspecified atom stereocenters. The van der Waals surface area contributed by atoms with Gasteiger partial charge in [-0.2, -0.15) is 0 Å². The Bertz CT molecular complexity index is 1210. The van der Waals surface area contributed by atoms with Crippen LogP contribution in [-0.2, 0) is 27.0 Å². The van der Waals surface area contributed by atoms with Gasteiger partial charge in [0, 0.05) is 23.6 Å². The molecule has 2 aromatic carbocycles. The summed E-state index contributed by atoms with van der Waals surface area (Å²) in [5, 5.41) is 6.70. The zero-order valence-electron chi connectivity index (χ0n) is 19.5. The average molecular weight is 447 g/mol. The molecule has 4 amide bonds. The van der Waals surface area contributed by atoms with Gasteiger partial charge in [-0.25, -0.2) is 4.79 Å². The fraction of sp³-hybridized carbons (Fsp3) is 0.346. The number of amides is 4. The molecule has 1 aliphatic heterocycles. The van der Waals surface area contributed by atoms with Gasteiger partial charge in [-0.05, 0) is 41.5 Å². The van der Waals surface area contributed by atoms with Crippen LogP contribution in [0.5, 0.6) is 0 Å². The van der Waals surface area contributed by atoms with Crippen molar-refractivity contribution >= 4 is 28.7 Å². The molecular formula is C26H30N4O3. The van der Waals surface area contributed by atoms with Crippen LogP contribution in [0.1, 0.15) is 44.4 Å². The predicted octanol–water partition coefficient (Wildman–Crippen LogP) is 3.59. The zero-order chi connectivity index (χ0) is 23.8. The highest BCUT2D eigenvalue weighted by Gasteiger charge is 2.49. The maximum absolute atomic E-state index is 13.1. The molecule has 3 aromatic rings. The van der Waals surface area contributed by atoms with Crippen LogP contribution in [0, 0.1) is 0 Å². The molecule has 0 aliphatic carbocycles. The summed E-state index contributed by atoms with van der Waals surface area (Å²) in [5.41, 5.74) is 2.77. The maximum atomic E-state index is 13.1. The first-order chi connectivity index (χ1) is 15.6. The van der Waals surface area contributed by atoms with E-state index >= 15 is 0 Å². The number of fused-ring (bicyclic) bond motifs is 1. The molecule has 0 radical (unpaired) electrons. The standard InChI is InChI=1S/C26H30N4O3/c1-25(2,3)18-9-11-19(12-10-18)26(4)23(32)30(24(33)29-26)16-22(31)27-14-13-17-15-28-21-8-6-5-7-20(17)21/h5-12,15,28H,13-14,16H2,1-4H3,(H,27,31)(H,29,33). The Balaban J connectivity index is 1.37. The van der Waals surface area contributed by atoms with Gasteiger partial charge >= 0.3 is 6.03 Å². The van der Waals surface area contributed by atoms with Gasteiger partial charge in [-0.15, -0.1) is 0 Å². The summed E-state index contributed by atoms with van der Waals surface area (Å²) in [5.74, 6) is -0.798. The van der Waals surface area contributed by atoms with E-state index in [1.807, 2.05) is 54.7 Å². The summed E-state index contributed by atoms with van der Waals surface area (Å²) >= 11 is 0. The number of imide groups is 1. The van der Waals surface area contributed by atoms with Crippen LogP contribution >= 0.6 is 0 Å². The smallest absolute Gasteiger partial charge is 0.325 e. The van der Waals surface area contributed by atoms with E-state index in [0.717, 1.165) is 26.9 Å². The molecule has 0 saturated carbocycles. The molecule has 33 heavy (non-hydrogen) atoms. The molecule has 1 aromatic heterocycles. The van der Waals surface area contributed by atoms with Crippen molar-refractivity contribution in [3.8, 4) is 0 Å². The fourth-order valence-electron chi connectivity index (χ4n) is 4.21. The minimum absolute atomic E-state index is 0.0147. The number of urea groups is 1. The lowest BCUT2D eigenvalue weighted by atomic mass is 9.84. The summed E-state index contributed by atoms with van der Waals surface area (Å²) in [7, 11) is 0. The first kappa shape index (κ1) is 22.6. The number of rotatable bonds is 6. The van der Waals surface area contributed by atoms with Crippen LogP contribution in [-0.4, -0.2) is 40.8 Å². The van der Waals surface area contributed by atoms with E-state index in [9.17, 15) is 14.4 Å². The maximum Gasteiger partial charge on any atom is 0.325 e. The Morgan fingerprint density at radius 2 is 1.76 bits per heavy atom. The fourth-order valence-corrected chi connectivity index (χ4v) is 4.21. The number of aromatic amines is 1. The van der Waals surface area contributed by atoms with Crippen molar-refractivity contribution in [2.45, 2.75) is 45.1 Å². The largest absolute Gasteiger partial charge is 0.361 e. The van der Waals surface area contributed by atoms with E-state index in [0.29, 0.717) is 18.5 Å². The summed E-state index contributed by atoms with van der Waals surface area (Å²) in [6.07, 6.45) is 2.58. The quantitative estimate of drug-likeness (QED) is 0.505. The molecule has 1 saturated heterocycles. The Labute approximate surface area is 193 Å². The van der Waals surface area contributed by atoms with E-state index in [-0.39, 0.29) is 17.9 Å². The number of nitrogens with zero attached hydrogens (tertiary/aromatic N) is 1. The molecule has 0 bridgehead atoms. The number of nitrogens with one attached hydrogen (secondary N) is 3. The highest BCUT2D eigenvalue weighted by molar-refractivity contribution is 6.09. The van der Waals surface area contributed by atoms with Crippen molar-refractivity contribution in [2.75, 3.05) is 13.1 Å². The molecule has 1 aliphatic rings. The minimum Gasteiger partial charge on any atom is -0.361 e. The lowest BCUT2D eigenvalue weighted by Crippen LogP contribution is -2.43. The highest BCUT2D eigenvalue weighted by atomic mass is 16.2. The number of hydrogen-bond acceptors (Lipinski definition) is 3. The summed E-state index contributed by atoms with van der Waals surface area (Å²) in [4.78, 5) is 42.4. The third-order valence-corrected chi connectivity index (χ3v) is 6.30. The second kappa shape index (κ2) is 8.39. The van der Waals surface area contributed by atoms with E-state index in [1.54, 1.807) is 6.92 Å². The summed E-state index contributed by atoms with van der Waals surface area (Å²) in [6, 6.07) is 15.1. The molecule has 2 heterocycles. The molecule has 7 heteroatoms. The van der Waals surface area contributed by atoms with Gasteiger partial charge in [0.05, 0.1) is 0 Å². The van der Waals surface area contributed by atoms with E-state index < -0.39 is 17.5 Å². The van der Waals surface area contributed by atoms with Crippen LogP contribution in [0.4, 0.5) is 4.79 Å². The van der Waals surface area contributed by atoms with Crippen molar-refractivity contribution < 1.29 is 14.4 Å². The molecule has 1 atom stereocenters. The Hall–Kier alpha value is -3.61. The summed E-state index contributed by atoms with van der Waals surface area (Å²) < 4.78 is 0. The molecule has 4 rings (SSSR count). The van der Waals surface area contributed by atoms with Crippen LogP contribution in [0.25, 0.3) is 10.9 Å². The molecule has 7 nitrogen and oxygen atoms in total. The van der Waals surface area contributed by atoms with Gasteiger partial charge in [-0.1, -0.05) is 63.2 Å². The SMILES string of the molecule is CC(C)(C)c1ccc(C2(C)NC(=O)N(CC(=O)NCCc3c[nH]c4ccccc34)C2=O)cc1. The number of benzene rings is 2. The van der Waals surface area contributed by atoms with Crippen molar-refractivity contribution in [3.05, 3.63) is 71.4 Å². The van der Waals surface area contributed by atoms with Crippen LogP contribution in [0.3, 0.4) is 0 Å². The van der Waals surface area contributed by atoms with Crippen molar-refractivity contribution in [1.82, 2.24) is 20.5 Å². The van der Waals surface area contributed by atoms with Crippen LogP contribution in [0.15, 0.2) is 54.7 Å². The second-order valence-corrected chi connectivity index (χ2v) is 9.73. The summed E-state index contributed by atoms with van der Waals surface area (Å²) in [6.45, 7) is 8.12. The van der Waals surface area contributed by atoms with Gasteiger partial charge in [0.1, 0.15) is 12.1 Å². The van der Waals surface area contributed by atoms with Gasteiger partial charge in [0.25, 0.3) is 5.91 Å². The van der Waals surface area contributed by atoms with Crippen LogP contribution in [0.2, 0.25) is 0 Å². The van der Waals surface area contributed by atoms with Crippen molar-refractivity contribution in [2.24, 2.45) is 0 Å². The van der Waals surface area contributed by atoms with E-state index in [1.165, 1.54) is 0 Å². The monoisotopic (exact) mass is 446 g/mol. The number of carbonyl (C=O) groups is 3. The minimum atomic E-state index is -1.20. The number of para-hydroxylation sites is 1. The van der Waals surface area contributed by atoms with Gasteiger partial charge in [0.2, 0.25) is 5.91 Å². The molecule has 3 N–H and O–H groups in total. The third-order valence-electron chi connectivity index (χ3n) is 6.30. The Morgan fingerprint density at radius 1 is 1.06 bits per heavy atom. The first-order valence-corrected chi connectivity index (χ1v) is 11.2. The molecular weight excluding hydrogens is 416 g/mol. The Morgan fingerprint density at radius 3 is 2.45 bits per heavy atom. The predicted molar refractivity (Wildman–Crippen MR) is 128 cm³/mol. The van der Waals surface area contributed by atoms with E-state index in [4.69, 9.17) is 0 Å². The van der Waals surface area contributed by atoms with Crippen molar-refractivity contribution in [3.63, 3.8) is 0 Å². The second-order valence-electron chi connectivity index (χ2n) is 9.73. The number of H-pyrrole nitrogens is 1. The topological polar surface area (TPSA) is 94.3 Å². The highest BCUT2D eigenvalue weighted by Crippen LogP contribution is 2.31. The van der Waals surface area contributed by atoms with Gasteiger partial charge < -0.3 is 15.6 Å². The first-order valence-electron chi connectivity index (χ1n) is 11.2. The molecule has 1 fully saturated rings.